The zero-order valence-electron chi connectivity index (χ0n) is 15.3. The largest absolute Gasteiger partial charge is 0.303 e. The topological polar surface area (TPSA) is 36.4 Å². The molecule has 1 aliphatic rings. The number of aromatic nitrogens is 1. The van der Waals surface area contributed by atoms with Gasteiger partial charge in [-0.2, -0.15) is 0 Å². The van der Waals surface area contributed by atoms with Crippen LogP contribution in [0.25, 0.3) is 10.2 Å². The van der Waals surface area contributed by atoms with E-state index >= 15 is 0 Å². The lowest BCUT2D eigenvalue weighted by Gasteiger charge is -2.25. The third-order valence-electron chi connectivity index (χ3n) is 5.22. The lowest BCUT2D eigenvalue weighted by atomic mass is 10.1. The second-order valence-electron chi connectivity index (χ2n) is 6.97. The Bertz CT molecular complexity index is 924. The number of rotatable bonds is 5. The fourth-order valence-corrected chi connectivity index (χ4v) is 4.87. The smallest absolute Gasteiger partial charge is 0.261 e. The van der Waals surface area contributed by atoms with Crippen molar-refractivity contribution in [3.8, 4) is 0 Å². The monoisotopic (exact) mass is 399 g/mol. The van der Waals surface area contributed by atoms with Crippen LogP contribution in [0, 0.1) is 0 Å². The number of halogens is 1. The summed E-state index contributed by atoms with van der Waals surface area (Å²) in [5, 5.41) is 1.22. The van der Waals surface area contributed by atoms with Crippen LogP contribution in [0.2, 0.25) is 5.02 Å². The van der Waals surface area contributed by atoms with Crippen LogP contribution in [0.4, 0.5) is 5.13 Å². The van der Waals surface area contributed by atoms with E-state index in [0.29, 0.717) is 23.2 Å². The second-order valence-corrected chi connectivity index (χ2v) is 8.38. The molecule has 140 valence electrons. The Hall–Kier alpha value is -1.95. The molecule has 0 spiro atoms. The highest BCUT2D eigenvalue weighted by molar-refractivity contribution is 7.22. The van der Waals surface area contributed by atoms with E-state index in [0.717, 1.165) is 28.3 Å². The molecule has 1 amide bonds. The van der Waals surface area contributed by atoms with Gasteiger partial charge >= 0.3 is 0 Å². The maximum absolute atomic E-state index is 13.3. The predicted molar refractivity (Wildman–Crippen MR) is 113 cm³/mol. The summed E-state index contributed by atoms with van der Waals surface area (Å²) < 4.78 is 1.09. The highest BCUT2D eigenvalue weighted by Crippen LogP contribution is 2.31. The summed E-state index contributed by atoms with van der Waals surface area (Å²) in [6.07, 6.45) is 3.34. The van der Waals surface area contributed by atoms with Gasteiger partial charge in [0.2, 0.25) is 0 Å². The van der Waals surface area contributed by atoms with Gasteiger partial charge in [0.1, 0.15) is 0 Å². The van der Waals surface area contributed by atoms with Crippen molar-refractivity contribution in [3.05, 3.63) is 59.1 Å². The molecule has 2 aromatic carbocycles. The number of anilines is 1. The van der Waals surface area contributed by atoms with Gasteiger partial charge < -0.3 is 4.90 Å². The Balaban J connectivity index is 1.65. The van der Waals surface area contributed by atoms with Gasteiger partial charge in [0.05, 0.1) is 20.8 Å². The number of nitrogens with zero attached hydrogens (tertiary/aromatic N) is 3. The minimum atomic E-state index is -0.0830. The summed E-state index contributed by atoms with van der Waals surface area (Å²) in [5.41, 5.74) is 1.45. The molecule has 27 heavy (non-hydrogen) atoms. The summed E-state index contributed by atoms with van der Waals surface area (Å²) in [4.78, 5) is 22.2. The number of para-hydroxylation sites is 1. The molecule has 0 bridgehead atoms. The summed E-state index contributed by atoms with van der Waals surface area (Å²) in [5.74, 6) is -0.0830. The molecule has 0 aliphatic carbocycles. The average Bonchev–Trinajstić information content (AvgIpc) is 3.28. The number of carbonyl (C=O) groups is 1. The van der Waals surface area contributed by atoms with Crippen molar-refractivity contribution in [2.45, 2.75) is 25.3 Å². The molecule has 4 rings (SSSR count). The number of thiazole rings is 1. The zero-order valence-corrected chi connectivity index (χ0v) is 16.8. The van der Waals surface area contributed by atoms with Gasteiger partial charge in [0.25, 0.3) is 5.91 Å². The Morgan fingerprint density at radius 1 is 1.26 bits per heavy atom. The summed E-state index contributed by atoms with van der Waals surface area (Å²) in [7, 11) is 2.16. The van der Waals surface area contributed by atoms with Crippen LogP contribution < -0.4 is 4.90 Å². The molecule has 1 unspecified atom stereocenters. The Morgan fingerprint density at radius 3 is 2.78 bits per heavy atom. The van der Waals surface area contributed by atoms with Crippen molar-refractivity contribution in [3.63, 3.8) is 0 Å². The van der Waals surface area contributed by atoms with Crippen molar-refractivity contribution in [2.75, 3.05) is 25.0 Å². The third kappa shape index (κ3) is 3.86. The summed E-state index contributed by atoms with van der Waals surface area (Å²) >= 11 is 7.86. The highest BCUT2D eigenvalue weighted by Gasteiger charge is 2.26. The van der Waals surface area contributed by atoms with Crippen molar-refractivity contribution >= 4 is 44.2 Å². The quantitative estimate of drug-likeness (QED) is 0.600. The van der Waals surface area contributed by atoms with Crippen molar-refractivity contribution in [2.24, 2.45) is 0 Å². The average molecular weight is 400 g/mol. The van der Waals surface area contributed by atoms with Gasteiger partial charge in [-0.15, -0.1) is 0 Å². The standard InChI is InChI=1S/C21H22ClN3OS/c1-24-13-6-7-15(24)12-14-25(20(26)16-8-2-3-9-17(16)22)21-23-18-10-4-5-11-19(18)27-21/h2-5,8-11,15H,6-7,12-14H2,1H3. The fourth-order valence-electron chi connectivity index (χ4n) is 3.66. The van der Waals surface area contributed by atoms with E-state index in [9.17, 15) is 4.79 Å². The number of hydrogen-bond donors (Lipinski definition) is 0. The Kier molecular flexibility index (Phi) is 5.43. The van der Waals surface area contributed by atoms with Gasteiger partial charge in [-0.1, -0.05) is 47.2 Å². The van der Waals surface area contributed by atoms with E-state index in [1.54, 1.807) is 28.4 Å². The molecule has 1 fully saturated rings. The number of hydrogen-bond acceptors (Lipinski definition) is 4. The number of benzene rings is 2. The molecule has 3 aromatic rings. The van der Waals surface area contributed by atoms with Crippen LogP contribution in [0.1, 0.15) is 29.6 Å². The van der Waals surface area contributed by atoms with E-state index in [1.165, 1.54) is 12.8 Å². The first-order valence-electron chi connectivity index (χ1n) is 9.25. The van der Waals surface area contributed by atoms with Gasteiger partial charge in [0.15, 0.2) is 5.13 Å². The van der Waals surface area contributed by atoms with E-state index in [-0.39, 0.29) is 5.91 Å². The Morgan fingerprint density at radius 2 is 2.04 bits per heavy atom. The Labute approximate surface area is 168 Å². The molecule has 0 saturated carbocycles. The highest BCUT2D eigenvalue weighted by atomic mass is 35.5. The maximum Gasteiger partial charge on any atom is 0.261 e. The third-order valence-corrected chi connectivity index (χ3v) is 6.61. The van der Waals surface area contributed by atoms with Crippen LogP contribution in [0.5, 0.6) is 0 Å². The van der Waals surface area contributed by atoms with Crippen LogP contribution in [-0.2, 0) is 0 Å². The van der Waals surface area contributed by atoms with Crippen molar-refractivity contribution < 1.29 is 4.79 Å². The molecule has 0 radical (unpaired) electrons. The molecule has 2 heterocycles. The first-order valence-corrected chi connectivity index (χ1v) is 10.4. The van der Waals surface area contributed by atoms with Gasteiger partial charge in [-0.05, 0) is 57.1 Å². The van der Waals surface area contributed by atoms with Gasteiger partial charge in [-0.3, -0.25) is 9.69 Å². The molecule has 0 N–H and O–H groups in total. The molecule has 1 saturated heterocycles. The lowest BCUT2D eigenvalue weighted by Crippen LogP contribution is -2.36. The van der Waals surface area contributed by atoms with Crippen molar-refractivity contribution in [1.82, 2.24) is 9.88 Å². The lowest BCUT2D eigenvalue weighted by molar-refractivity contribution is 0.0985. The SMILES string of the molecule is CN1CCCC1CCN(C(=O)c1ccccc1Cl)c1nc2ccccc2s1. The normalized spacial score (nSPS) is 17.5. The predicted octanol–water partition coefficient (Wildman–Crippen LogP) is 5.08. The number of carbonyl (C=O) groups excluding carboxylic acids is 1. The second kappa shape index (κ2) is 7.97. The maximum atomic E-state index is 13.3. The molecule has 1 aliphatic heterocycles. The minimum Gasteiger partial charge on any atom is -0.303 e. The molecule has 4 nitrogen and oxygen atoms in total. The van der Waals surface area contributed by atoms with Gasteiger partial charge in [-0.25, -0.2) is 4.98 Å². The first kappa shape index (κ1) is 18.4. The first-order chi connectivity index (χ1) is 13.1. The molecular formula is C21H22ClN3OS. The molecule has 1 aromatic heterocycles. The number of likely N-dealkylation sites (tertiary alicyclic amines) is 1. The van der Waals surface area contributed by atoms with E-state index in [4.69, 9.17) is 16.6 Å². The van der Waals surface area contributed by atoms with Crippen molar-refractivity contribution in [1.29, 1.82) is 0 Å². The van der Waals surface area contributed by atoms with E-state index in [2.05, 4.69) is 11.9 Å². The summed E-state index contributed by atoms with van der Waals surface area (Å²) in [6.45, 7) is 1.77. The number of fused-ring (bicyclic) bond motifs is 1. The van der Waals surface area contributed by atoms with E-state index < -0.39 is 0 Å². The summed E-state index contributed by atoms with van der Waals surface area (Å²) in [6, 6.07) is 15.7. The molecule has 1 atom stereocenters. The minimum absolute atomic E-state index is 0.0830. The fraction of sp³-hybridized carbons (Fsp3) is 0.333. The van der Waals surface area contributed by atoms with Crippen LogP contribution >= 0.6 is 22.9 Å². The van der Waals surface area contributed by atoms with Crippen LogP contribution in [-0.4, -0.2) is 42.0 Å². The number of amides is 1. The molecule has 6 heteroatoms. The zero-order chi connectivity index (χ0) is 18.8. The van der Waals surface area contributed by atoms with Gasteiger partial charge in [0, 0.05) is 12.6 Å². The van der Waals surface area contributed by atoms with E-state index in [1.807, 2.05) is 36.4 Å². The molecular weight excluding hydrogens is 378 g/mol. The van der Waals surface area contributed by atoms with Crippen LogP contribution in [0.15, 0.2) is 48.5 Å². The van der Waals surface area contributed by atoms with Crippen LogP contribution in [0.3, 0.4) is 0 Å².